The lowest BCUT2D eigenvalue weighted by Gasteiger charge is -2.31. The molecule has 23 heavy (non-hydrogen) atoms. The number of nitrogens with one attached hydrogen (secondary N) is 1. The lowest BCUT2D eigenvalue weighted by atomic mass is 9.86. The fraction of sp³-hybridized carbons (Fsp3) is 0.263. The van der Waals surface area contributed by atoms with Crippen LogP contribution in [0.3, 0.4) is 0 Å². The highest BCUT2D eigenvalue weighted by Crippen LogP contribution is 2.42. The van der Waals surface area contributed by atoms with Crippen LogP contribution in [-0.2, 0) is 0 Å². The van der Waals surface area contributed by atoms with E-state index in [1.165, 1.54) is 19.3 Å². The highest BCUT2D eigenvalue weighted by molar-refractivity contribution is 6.27. The van der Waals surface area contributed by atoms with Gasteiger partial charge in [-0.05, 0) is 31.4 Å². The molecule has 4 heteroatoms. The van der Waals surface area contributed by atoms with E-state index in [1.54, 1.807) is 0 Å². The minimum Gasteiger partial charge on any atom is -0.371 e. The van der Waals surface area contributed by atoms with Gasteiger partial charge in [0, 0.05) is 35.3 Å². The average Bonchev–Trinajstić information content (AvgIpc) is 3.05. The molecule has 0 unspecified atom stereocenters. The molecule has 2 aliphatic rings. The molecule has 0 radical (unpaired) electrons. The largest absolute Gasteiger partial charge is 0.371 e. The zero-order valence-electron chi connectivity index (χ0n) is 12.8. The summed E-state index contributed by atoms with van der Waals surface area (Å²) in [5.41, 5.74) is 5.44. The number of ketones is 1. The molecule has 1 aliphatic heterocycles. The number of anilines is 1. The molecule has 1 aliphatic carbocycles. The van der Waals surface area contributed by atoms with Crippen molar-refractivity contribution in [1.82, 2.24) is 10.2 Å². The molecule has 0 saturated carbocycles. The third-order valence-corrected chi connectivity index (χ3v) is 5.06. The first-order valence-corrected chi connectivity index (χ1v) is 8.25. The summed E-state index contributed by atoms with van der Waals surface area (Å²) in [6.45, 7) is 2.06. The van der Waals surface area contributed by atoms with E-state index in [9.17, 15) is 4.79 Å². The molecule has 1 fully saturated rings. The van der Waals surface area contributed by atoms with Crippen molar-refractivity contribution < 1.29 is 4.79 Å². The number of H-pyrrole nitrogens is 1. The summed E-state index contributed by atoms with van der Waals surface area (Å²) in [4.78, 5) is 15.5. The number of benzene rings is 2. The highest BCUT2D eigenvalue weighted by atomic mass is 16.1. The summed E-state index contributed by atoms with van der Waals surface area (Å²) in [7, 11) is 0. The number of carbonyl (C=O) groups is 1. The van der Waals surface area contributed by atoms with Crippen molar-refractivity contribution in [2.24, 2.45) is 0 Å². The molecule has 2 heterocycles. The van der Waals surface area contributed by atoms with Crippen LogP contribution in [0.5, 0.6) is 0 Å². The van der Waals surface area contributed by atoms with Crippen molar-refractivity contribution in [3.63, 3.8) is 0 Å². The van der Waals surface area contributed by atoms with Gasteiger partial charge < -0.3 is 4.90 Å². The molecular weight excluding hydrogens is 286 g/mol. The number of aromatic amines is 1. The molecule has 0 spiro atoms. The Balaban J connectivity index is 1.82. The molecule has 3 aromatic rings. The number of piperidine rings is 1. The maximum Gasteiger partial charge on any atom is 0.196 e. The van der Waals surface area contributed by atoms with Gasteiger partial charge in [0.2, 0.25) is 0 Å². The Hall–Kier alpha value is -2.62. The molecule has 1 saturated heterocycles. The van der Waals surface area contributed by atoms with E-state index in [0.717, 1.165) is 52.1 Å². The molecular formula is C19H17N3O. The van der Waals surface area contributed by atoms with Gasteiger partial charge >= 0.3 is 0 Å². The maximum atomic E-state index is 13.2. The summed E-state index contributed by atoms with van der Waals surface area (Å²) in [5, 5.41) is 8.57. The normalized spacial score (nSPS) is 16.7. The molecule has 0 atom stereocenters. The summed E-state index contributed by atoms with van der Waals surface area (Å²) in [6.07, 6.45) is 3.67. The monoisotopic (exact) mass is 303 g/mol. The Kier molecular flexibility index (Phi) is 2.62. The number of fused-ring (bicyclic) bond motifs is 2. The Morgan fingerprint density at radius 2 is 1.74 bits per heavy atom. The molecule has 1 N–H and O–H groups in total. The fourth-order valence-corrected chi connectivity index (χ4v) is 3.95. The summed E-state index contributed by atoms with van der Waals surface area (Å²) >= 11 is 0. The molecule has 5 rings (SSSR count). The van der Waals surface area contributed by atoms with Crippen LogP contribution in [0.1, 0.15) is 35.2 Å². The first-order chi connectivity index (χ1) is 11.3. The van der Waals surface area contributed by atoms with Crippen LogP contribution >= 0.6 is 0 Å². The van der Waals surface area contributed by atoms with Crippen molar-refractivity contribution in [2.75, 3.05) is 18.0 Å². The van der Waals surface area contributed by atoms with E-state index < -0.39 is 0 Å². The molecule has 0 amide bonds. The zero-order chi connectivity index (χ0) is 15.4. The van der Waals surface area contributed by atoms with Crippen molar-refractivity contribution in [1.29, 1.82) is 0 Å². The van der Waals surface area contributed by atoms with Crippen LogP contribution in [0.2, 0.25) is 0 Å². The van der Waals surface area contributed by atoms with Crippen LogP contribution < -0.4 is 4.90 Å². The summed E-state index contributed by atoms with van der Waals surface area (Å²) in [5.74, 6) is 0.126. The fourth-order valence-electron chi connectivity index (χ4n) is 3.95. The molecule has 0 bridgehead atoms. The zero-order valence-corrected chi connectivity index (χ0v) is 12.8. The van der Waals surface area contributed by atoms with Gasteiger partial charge in [-0.1, -0.05) is 24.3 Å². The maximum absolute atomic E-state index is 13.2. The second kappa shape index (κ2) is 4.69. The Morgan fingerprint density at radius 1 is 0.957 bits per heavy atom. The molecule has 114 valence electrons. The quantitative estimate of drug-likeness (QED) is 0.582. The lowest BCUT2D eigenvalue weighted by molar-refractivity contribution is 0.104. The van der Waals surface area contributed by atoms with Gasteiger partial charge in [0.25, 0.3) is 0 Å². The SMILES string of the molecule is O=C1c2ccccc2-c2n[nH]c3ccc(N4CCCCC4)c1c23. The van der Waals surface area contributed by atoms with Gasteiger partial charge in [-0.15, -0.1) is 0 Å². The lowest BCUT2D eigenvalue weighted by Crippen LogP contribution is -2.31. The number of nitrogens with zero attached hydrogens (tertiary/aromatic N) is 2. The second-order valence-electron chi connectivity index (χ2n) is 6.38. The van der Waals surface area contributed by atoms with Crippen molar-refractivity contribution in [3.05, 3.63) is 47.5 Å². The molecule has 4 nitrogen and oxygen atoms in total. The number of rotatable bonds is 1. The van der Waals surface area contributed by atoms with E-state index >= 15 is 0 Å². The third kappa shape index (κ3) is 1.72. The van der Waals surface area contributed by atoms with E-state index in [0.29, 0.717) is 0 Å². The van der Waals surface area contributed by atoms with Gasteiger partial charge in [-0.25, -0.2) is 0 Å². The number of hydrogen-bond acceptors (Lipinski definition) is 3. The van der Waals surface area contributed by atoms with Crippen LogP contribution in [-0.4, -0.2) is 29.1 Å². The predicted octanol–water partition coefficient (Wildman–Crippen LogP) is 3.76. The number of carbonyl (C=O) groups excluding carboxylic acids is 1. The van der Waals surface area contributed by atoms with Gasteiger partial charge in [0.1, 0.15) is 5.69 Å². The third-order valence-electron chi connectivity index (χ3n) is 5.06. The van der Waals surface area contributed by atoms with Gasteiger partial charge in [-0.2, -0.15) is 5.10 Å². The number of hydrogen-bond donors (Lipinski definition) is 1. The van der Waals surface area contributed by atoms with Crippen LogP contribution in [0.15, 0.2) is 36.4 Å². The average molecular weight is 303 g/mol. The van der Waals surface area contributed by atoms with Crippen LogP contribution in [0.25, 0.3) is 22.2 Å². The predicted molar refractivity (Wildman–Crippen MR) is 91.0 cm³/mol. The van der Waals surface area contributed by atoms with Gasteiger partial charge in [0.05, 0.1) is 11.1 Å². The highest BCUT2D eigenvalue weighted by Gasteiger charge is 2.31. The van der Waals surface area contributed by atoms with Crippen molar-refractivity contribution in [2.45, 2.75) is 19.3 Å². The first kappa shape index (κ1) is 12.9. The van der Waals surface area contributed by atoms with Crippen molar-refractivity contribution >= 4 is 22.4 Å². The first-order valence-electron chi connectivity index (χ1n) is 8.25. The topological polar surface area (TPSA) is 49.0 Å². The number of aromatic nitrogens is 2. The van der Waals surface area contributed by atoms with E-state index in [2.05, 4.69) is 27.2 Å². The smallest absolute Gasteiger partial charge is 0.196 e. The second-order valence-corrected chi connectivity index (χ2v) is 6.38. The standard InChI is InChI=1S/C19H17N3O/c23-19-13-7-3-2-6-12(13)18-16-14(20-21-18)8-9-15(17(16)19)22-10-4-1-5-11-22/h2-3,6-9H,1,4-5,10-11H2,(H,20,21). The van der Waals surface area contributed by atoms with E-state index in [1.807, 2.05) is 24.3 Å². The summed E-state index contributed by atoms with van der Waals surface area (Å²) in [6, 6.07) is 11.9. The summed E-state index contributed by atoms with van der Waals surface area (Å²) < 4.78 is 0. The van der Waals surface area contributed by atoms with Crippen LogP contribution in [0.4, 0.5) is 5.69 Å². The Morgan fingerprint density at radius 3 is 2.57 bits per heavy atom. The molecule has 1 aromatic heterocycles. The van der Waals surface area contributed by atoms with Crippen molar-refractivity contribution in [3.8, 4) is 11.3 Å². The Labute approximate surface area is 134 Å². The minimum absolute atomic E-state index is 0.126. The Bertz CT molecular complexity index is 935. The minimum atomic E-state index is 0.126. The van der Waals surface area contributed by atoms with Gasteiger partial charge in [0.15, 0.2) is 5.78 Å². The van der Waals surface area contributed by atoms with E-state index in [4.69, 9.17) is 0 Å². The molecule has 2 aromatic carbocycles. The van der Waals surface area contributed by atoms with E-state index in [-0.39, 0.29) is 5.78 Å². The van der Waals surface area contributed by atoms with Crippen LogP contribution in [0, 0.1) is 0 Å². The van der Waals surface area contributed by atoms with Gasteiger partial charge in [-0.3, -0.25) is 9.89 Å².